The molecule has 0 atom stereocenters. The van der Waals surface area contributed by atoms with Crippen molar-refractivity contribution in [2.45, 2.75) is 0 Å². The zero-order valence-corrected chi connectivity index (χ0v) is 7.06. The Hall–Kier alpha value is -1.84. The van der Waals surface area contributed by atoms with Gasteiger partial charge >= 0.3 is 5.97 Å². The number of nitrogens with zero attached hydrogens (tertiary/aromatic N) is 2. The minimum absolute atomic E-state index is 0.0821. The third-order valence-corrected chi connectivity index (χ3v) is 1.87. The first kappa shape index (κ1) is 7.79. The van der Waals surface area contributed by atoms with Crippen LogP contribution < -0.4 is 0 Å². The fourth-order valence-electron chi connectivity index (χ4n) is 1.29. The molecule has 0 aliphatic heterocycles. The summed E-state index contributed by atoms with van der Waals surface area (Å²) in [5.41, 5.74) is 0.0821. The fourth-order valence-corrected chi connectivity index (χ4v) is 1.29. The lowest BCUT2D eigenvalue weighted by Crippen LogP contribution is -1.98. The molecule has 0 aliphatic carbocycles. The molecule has 0 unspecified atom stereocenters. The number of fused-ring (bicyclic) bond motifs is 1. The summed E-state index contributed by atoms with van der Waals surface area (Å²) >= 11 is 0. The summed E-state index contributed by atoms with van der Waals surface area (Å²) in [6.07, 6.45) is 5.33. The van der Waals surface area contributed by atoms with E-state index in [1.165, 1.54) is 0 Å². The predicted octanol–water partition coefficient (Wildman–Crippen LogP) is 1.27. The standard InChI is InChI=1S/C9H8N2O2/c1-11-4-6-2-8(9(12)13)10-3-7(6)5-11/h2-5H,1H3,(H,12,13). The van der Waals surface area contributed by atoms with E-state index in [9.17, 15) is 4.79 Å². The van der Waals surface area contributed by atoms with Crippen molar-refractivity contribution in [2.24, 2.45) is 7.05 Å². The first-order chi connectivity index (χ1) is 6.16. The van der Waals surface area contributed by atoms with Gasteiger partial charge in [-0.1, -0.05) is 0 Å². The van der Waals surface area contributed by atoms with Crippen molar-refractivity contribution in [1.82, 2.24) is 9.55 Å². The number of hydrogen-bond acceptors (Lipinski definition) is 2. The van der Waals surface area contributed by atoms with Crippen molar-refractivity contribution in [2.75, 3.05) is 0 Å². The molecule has 66 valence electrons. The molecular formula is C9H8N2O2. The number of carboxylic acids is 1. The molecule has 4 heteroatoms. The van der Waals surface area contributed by atoms with Crippen molar-refractivity contribution in [1.29, 1.82) is 0 Å². The Bertz CT molecular complexity index is 473. The number of carboxylic acid groups (broad SMARTS) is 1. The summed E-state index contributed by atoms with van der Waals surface area (Å²) in [7, 11) is 1.89. The molecule has 0 aliphatic rings. The van der Waals surface area contributed by atoms with E-state index in [1.54, 1.807) is 12.3 Å². The zero-order chi connectivity index (χ0) is 9.42. The van der Waals surface area contributed by atoms with Gasteiger partial charge in [-0.3, -0.25) is 0 Å². The van der Waals surface area contributed by atoms with E-state index in [0.29, 0.717) is 0 Å². The summed E-state index contributed by atoms with van der Waals surface area (Å²) in [4.78, 5) is 14.4. The average Bonchev–Trinajstić information content (AvgIpc) is 2.42. The van der Waals surface area contributed by atoms with E-state index < -0.39 is 5.97 Å². The Kier molecular flexibility index (Phi) is 1.55. The van der Waals surface area contributed by atoms with Crippen LogP contribution in [0.2, 0.25) is 0 Å². The zero-order valence-electron chi connectivity index (χ0n) is 7.06. The molecular weight excluding hydrogens is 168 g/mol. The van der Waals surface area contributed by atoms with Crippen molar-refractivity contribution in [3.63, 3.8) is 0 Å². The summed E-state index contributed by atoms with van der Waals surface area (Å²) < 4.78 is 1.87. The molecule has 0 aromatic carbocycles. The van der Waals surface area contributed by atoms with Crippen LogP contribution in [0.15, 0.2) is 24.7 Å². The summed E-state index contributed by atoms with van der Waals surface area (Å²) in [5.74, 6) is -0.995. The van der Waals surface area contributed by atoms with Gasteiger partial charge in [-0.25, -0.2) is 9.78 Å². The summed E-state index contributed by atoms with van der Waals surface area (Å²) in [6.45, 7) is 0. The second-order valence-corrected chi connectivity index (χ2v) is 2.93. The lowest BCUT2D eigenvalue weighted by Gasteiger charge is -1.91. The van der Waals surface area contributed by atoms with Gasteiger partial charge in [-0.05, 0) is 6.07 Å². The maximum atomic E-state index is 10.6. The molecule has 0 amide bonds. The van der Waals surface area contributed by atoms with Crippen LogP contribution in [0.3, 0.4) is 0 Å². The van der Waals surface area contributed by atoms with Crippen molar-refractivity contribution in [3.05, 3.63) is 30.4 Å². The Morgan fingerprint density at radius 1 is 1.46 bits per heavy atom. The highest BCUT2D eigenvalue weighted by molar-refractivity contribution is 5.91. The first-order valence-electron chi connectivity index (χ1n) is 3.82. The van der Waals surface area contributed by atoms with Gasteiger partial charge in [0.25, 0.3) is 0 Å². The van der Waals surface area contributed by atoms with Crippen LogP contribution in [0.1, 0.15) is 10.5 Å². The molecule has 4 nitrogen and oxygen atoms in total. The molecule has 0 radical (unpaired) electrons. The largest absolute Gasteiger partial charge is 0.477 e. The maximum absolute atomic E-state index is 10.6. The van der Waals surface area contributed by atoms with E-state index in [1.807, 2.05) is 24.0 Å². The normalized spacial score (nSPS) is 10.5. The number of aryl methyl sites for hydroxylation is 1. The third kappa shape index (κ3) is 1.26. The van der Waals surface area contributed by atoms with E-state index in [0.717, 1.165) is 10.8 Å². The predicted molar refractivity (Wildman–Crippen MR) is 47.7 cm³/mol. The lowest BCUT2D eigenvalue weighted by atomic mass is 10.2. The molecule has 0 spiro atoms. The monoisotopic (exact) mass is 176 g/mol. The SMILES string of the molecule is Cn1cc2cnc(C(=O)O)cc2c1. The van der Waals surface area contributed by atoms with Crippen LogP contribution in [0.25, 0.3) is 10.8 Å². The second-order valence-electron chi connectivity index (χ2n) is 2.93. The maximum Gasteiger partial charge on any atom is 0.354 e. The van der Waals surface area contributed by atoms with Gasteiger partial charge in [0.1, 0.15) is 5.69 Å². The molecule has 0 saturated carbocycles. The van der Waals surface area contributed by atoms with Crippen LogP contribution in [0.5, 0.6) is 0 Å². The highest BCUT2D eigenvalue weighted by atomic mass is 16.4. The number of aromatic nitrogens is 2. The topological polar surface area (TPSA) is 55.1 Å². The molecule has 0 fully saturated rings. The third-order valence-electron chi connectivity index (χ3n) is 1.87. The average molecular weight is 176 g/mol. The molecule has 1 N–H and O–H groups in total. The second kappa shape index (κ2) is 2.58. The van der Waals surface area contributed by atoms with Crippen LogP contribution in [0.4, 0.5) is 0 Å². The van der Waals surface area contributed by atoms with Crippen LogP contribution >= 0.6 is 0 Å². The Labute approximate surface area is 74.4 Å². The van der Waals surface area contributed by atoms with Gasteiger partial charge in [-0.15, -0.1) is 0 Å². The van der Waals surface area contributed by atoms with Crippen LogP contribution in [-0.2, 0) is 7.05 Å². The van der Waals surface area contributed by atoms with Gasteiger partial charge < -0.3 is 9.67 Å². The Morgan fingerprint density at radius 3 is 2.85 bits per heavy atom. The van der Waals surface area contributed by atoms with Gasteiger partial charge in [0.15, 0.2) is 0 Å². The van der Waals surface area contributed by atoms with Gasteiger partial charge in [-0.2, -0.15) is 0 Å². The van der Waals surface area contributed by atoms with Gasteiger partial charge in [0.2, 0.25) is 0 Å². The molecule has 2 aromatic heterocycles. The summed E-state index contributed by atoms with van der Waals surface area (Å²) in [5, 5.41) is 10.5. The van der Waals surface area contributed by atoms with Crippen molar-refractivity contribution < 1.29 is 9.90 Å². The fraction of sp³-hybridized carbons (Fsp3) is 0.111. The minimum atomic E-state index is -0.995. The van der Waals surface area contributed by atoms with E-state index in [2.05, 4.69) is 4.98 Å². The summed E-state index contributed by atoms with van der Waals surface area (Å²) in [6, 6.07) is 1.57. The Balaban J connectivity index is 2.67. The molecule has 13 heavy (non-hydrogen) atoms. The van der Waals surface area contributed by atoms with Crippen molar-refractivity contribution in [3.8, 4) is 0 Å². The van der Waals surface area contributed by atoms with Gasteiger partial charge in [0, 0.05) is 36.4 Å². The first-order valence-corrected chi connectivity index (χ1v) is 3.82. The van der Waals surface area contributed by atoms with Crippen LogP contribution in [0, 0.1) is 0 Å². The highest BCUT2D eigenvalue weighted by Gasteiger charge is 2.05. The van der Waals surface area contributed by atoms with E-state index in [-0.39, 0.29) is 5.69 Å². The quantitative estimate of drug-likeness (QED) is 0.711. The molecule has 0 saturated heterocycles. The molecule has 2 aromatic rings. The van der Waals surface area contributed by atoms with E-state index >= 15 is 0 Å². The molecule has 2 heterocycles. The smallest absolute Gasteiger partial charge is 0.354 e. The molecule has 0 bridgehead atoms. The number of rotatable bonds is 1. The lowest BCUT2D eigenvalue weighted by molar-refractivity contribution is 0.0691. The van der Waals surface area contributed by atoms with Crippen molar-refractivity contribution >= 4 is 16.7 Å². The molecule has 2 rings (SSSR count). The number of pyridine rings is 1. The number of aromatic carboxylic acids is 1. The van der Waals surface area contributed by atoms with E-state index in [4.69, 9.17) is 5.11 Å². The minimum Gasteiger partial charge on any atom is -0.477 e. The number of hydrogen-bond donors (Lipinski definition) is 1. The highest BCUT2D eigenvalue weighted by Crippen LogP contribution is 2.14. The number of carbonyl (C=O) groups is 1. The van der Waals surface area contributed by atoms with Gasteiger partial charge in [0.05, 0.1) is 0 Å². The Morgan fingerprint density at radius 2 is 2.15 bits per heavy atom. The van der Waals surface area contributed by atoms with Crippen LogP contribution in [-0.4, -0.2) is 20.6 Å².